The number of nitrogens with zero attached hydrogens (tertiary/aromatic N) is 2. The van der Waals surface area contributed by atoms with Gasteiger partial charge < -0.3 is 5.32 Å². The van der Waals surface area contributed by atoms with E-state index in [1.54, 1.807) is 0 Å². The highest BCUT2D eigenvalue weighted by Gasteiger charge is 2.11. The lowest BCUT2D eigenvalue weighted by atomic mass is 10.2. The third-order valence-electron chi connectivity index (χ3n) is 3.17. The number of benzene rings is 1. The van der Waals surface area contributed by atoms with E-state index >= 15 is 0 Å². The monoisotopic (exact) mass is 275 g/mol. The van der Waals surface area contributed by atoms with Gasteiger partial charge in [0.25, 0.3) is 0 Å². The molecular formula is C15H21N3S. The first kappa shape index (κ1) is 14.2. The van der Waals surface area contributed by atoms with Gasteiger partial charge in [-0.2, -0.15) is 5.10 Å². The average Bonchev–Trinajstić information content (AvgIpc) is 2.90. The van der Waals surface area contributed by atoms with E-state index in [1.807, 2.05) is 29.7 Å². The lowest BCUT2D eigenvalue weighted by molar-refractivity contribution is 0.645. The molecule has 1 aromatic carbocycles. The van der Waals surface area contributed by atoms with Gasteiger partial charge in [-0.1, -0.05) is 17.7 Å². The molecule has 0 saturated heterocycles. The zero-order valence-electron chi connectivity index (χ0n) is 11.8. The molecule has 0 aliphatic rings. The second kappa shape index (κ2) is 6.78. The molecule has 2 aromatic rings. The highest BCUT2D eigenvalue weighted by atomic mass is 32.2. The van der Waals surface area contributed by atoms with E-state index in [4.69, 9.17) is 0 Å². The fraction of sp³-hybridized carbons (Fsp3) is 0.400. The molecular weight excluding hydrogens is 254 g/mol. The molecule has 3 nitrogen and oxygen atoms in total. The first-order valence-electron chi connectivity index (χ1n) is 6.62. The highest BCUT2D eigenvalue weighted by Crippen LogP contribution is 2.24. The molecule has 1 heterocycles. The van der Waals surface area contributed by atoms with Gasteiger partial charge in [-0.3, -0.25) is 4.68 Å². The number of aromatic nitrogens is 2. The van der Waals surface area contributed by atoms with E-state index in [9.17, 15) is 0 Å². The molecule has 4 heteroatoms. The summed E-state index contributed by atoms with van der Waals surface area (Å²) in [6.07, 6.45) is 4.08. The molecule has 0 bridgehead atoms. The predicted molar refractivity (Wildman–Crippen MR) is 81.6 cm³/mol. The van der Waals surface area contributed by atoms with Crippen LogP contribution >= 0.6 is 11.8 Å². The molecule has 1 unspecified atom stereocenters. The van der Waals surface area contributed by atoms with Crippen LogP contribution in [0, 0.1) is 6.92 Å². The normalized spacial score (nSPS) is 12.6. The third-order valence-corrected chi connectivity index (χ3v) is 4.27. The quantitative estimate of drug-likeness (QED) is 0.821. The van der Waals surface area contributed by atoms with Crippen LogP contribution in [0.5, 0.6) is 0 Å². The maximum absolute atomic E-state index is 4.34. The predicted octanol–water partition coefficient (Wildman–Crippen LogP) is 3.26. The number of nitrogens with one attached hydrogen (secondary N) is 1. The minimum atomic E-state index is 0.339. The standard InChI is InChI=1S/C15H21N3S/c1-4-18-10-13(9-17-18)15(16-3)11-19-14-7-5-12(2)6-8-14/h5-10,15-16H,4,11H2,1-3H3. The van der Waals surface area contributed by atoms with Crippen LogP contribution in [0.3, 0.4) is 0 Å². The maximum atomic E-state index is 4.34. The second-order valence-electron chi connectivity index (χ2n) is 4.59. The van der Waals surface area contributed by atoms with Crippen molar-refractivity contribution in [1.82, 2.24) is 15.1 Å². The number of hydrogen-bond donors (Lipinski definition) is 1. The van der Waals surface area contributed by atoms with Gasteiger partial charge in [0, 0.05) is 35.0 Å². The van der Waals surface area contributed by atoms with Crippen LogP contribution in [0.25, 0.3) is 0 Å². The zero-order valence-corrected chi connectivity index (χ0v) is 12.6. The lowest BCUT2D eigenvalue weighted by Gasteiger charge is -2.14. The van der Waals surface area contributed by atoms with E-state index in [2.05, 4.69) is 54.7 Å². The van der Waals surface area contributed by atoms with Crippen molar-refractivity contribution in [2.75, 3.05) is 12.8 Å². The Bertz CT molecular complexity index is 504. The molecule has 0 radical (unpaired) electrons. The summed E-state index contributed by atoms with van der Waals surface area (Å²) in [4.78, 5) is 1.31. The van der Waals surface area contributed by atoms with Crippen molar-refractivity contribution in [2.45, 2.75) is 31.3 Å². The van der Waals surface area contributed by atoms with Gasteiger partial charge >= 0.3 is 0 Å². The zero-order chi connectivity index (χ0) is 13.7. The Morgan fingerprint density at radius 3 is 2.63 bits per heavy atom. The molecule has 0 aliphatic carbocycles. The lowest BCUT2D eigenvalue weighted by Crippen LogP contribution is -2.18. The van der Waals surface area contributed by atoms with Crippen molar-refractivity contribution in [3.63, 3.8) is 0 Å². The molecule has 0 spiro atoms. The smallest absolute Gasteiger partial charge is 0.0537 e. The number of hydrogen-bond acceptors (Lipinski definition) is 3. The van der Waals surface area contributed by atoms with Crippen LogP contribution in [-0.4, -0.2) is 22.6 Å². The Kier molecular flexibility index (Phi) is 5.05. The SMILES string of the molecule is CCn1cc(C(CSc2ccc(C)cc2)NC)cn1. The Balaban J connectivity index is 1.97. The molecule has 0 fully saturated rings. The van der Waals surface area contributed by atoms with E-state index in [1.165, 1.54) is 16.0 Å². The molecule has 1 N–H and O–H groups in total. The molecule has 19 heavy (non-hydrogen) atoms. The molecule has 2 rings (SSSR count). The van der Waals surface area contributed by atoms with Crippen LogP contribution in [0.2, 0.25) is 0 Å². The number of aryl methyl sites for hydroxylation is 2. The van der Waals surface area contributed by atoms with Gasteiger partial charge in [-0.15, -0.1) is 11.8 Å². The fourth-order valence-electron chi connectivity index (χ4n) is 1.89. The minimum Gasteiger partial charge on any atom is -0.312 e. The van der Waals surface area contributed by atoms with E-state index < -0.39 is 0 Å². The number of rotatable bonds is 6. The molecule has 0 aliphatic heterocycles. The fourth-order valence-corrected chi connectivity index (χ4v) is 2.94. The van der Waals surface area contributed by atoms with Gasteiger partial charge in [0.1, 0.15) is 0 Å². The Hall–Kier alpha value is -1.26. The van der Waals surface area contributed by atoms with Gasteiger partial charge in [-0.25, -0.2) is 0 Å². The van der Waals surface area contributed by atoms with E-state index in [0.717, 1.165) is 12.3 Å². The molecule has 102 valence electrons. The van der Waals surface area contributed by atoms with Crippen LogP contribution in [0.1, 0.15) is 24.1 Å². The first-order chi connectivity index (χ1) is 9.22. The highest BCUT2D eigenvalue weighted by molar-refractivity contribution is 7.99. The summed E-state index contributed by atoms with van der Waals surface area (Å²) in [5.74, 6) is 1.01. The van der Waals surface area contributed by atoms with Crippen molar-refractivity contribution < 1.29 is 0 Å². The van der Waals surface area contributed by atoms with Crippen LogP contribution < -0.4 is 5.32 Å². The Labute approximate surface area is 119 Å². The molecule has 0 saturated carbocycles. The van der Waals surface area contributed by atoms with Gasteiger partial charge in [0.05, 0.1) is 6.20 Å². The van der Waals surface area contributed by atoms with Crippen molar-refractivity contribution in [3.8, 4) is 0 Å². The summed E-state index contributed by atoms with van der Waals surface area (Å²) in [6, 6.07) is 9.02. The average molecular weight is 275 g/mol. The summed E-state index contributed by atoms with van der Waals surface area (Å²) in [5, 5.41) is 7.70. The van der Waals surface area contributed by atoms with Crippen LogP contribution in [0.4, 0.5) is 0 Å². The van der Waals surface area contributed by atoms with Gasteiger partial charge in [0.2, 0.25) is 0 Å². The summed E-state index contributed by atoms with van der Waals surface area (Å²) < 4.78 is 1.97. The van der Waals surface area contributed by atoms with E-state index in [-0.39, 0.29) is 0 Å². The maximum Gasteiger partial charge on any atom is 0.0537 e. The summed E-state index contributed by atoms with van der Waals surface area (Å²) >= 11 is 1.87. The van der Waals surface area contributed by atoms with Gasteiger partial charge in [0.15, 0.2) is 0 Å². The summed E-state index contributed by atoms with van der Waals surface area (Å²) in [6.45, 7) is 5.14. The van der Waals surface area contributed by atoms with Gasteiger partial charge in [-0.05, 0) is 33.0 Å². The summed E-state index contributed by atoms with van der Waals surface area (Å²) in [5.41, 5.74) is 2.56. The number of thioether (sulfide) groups is 1. The Morgan fingerprint density at radius 2 is 2.05 bits per heavy atom. The molecule has 0 amide bonds. The third kappa shape index (κ3) is 3.85. The van der Waals surface area contributed by atoms with E-state index in [0.29, 0.717) is 6.04 Å². The second-order valence-corrected chi connectivity index (χ2v) is 5.69. The first-order valence-corrected chi connectivity index (χ1v) is 7.60. The minimum absolute atomic E-state index is 0.339. The topological polar surface area (TPSA) is 29.9 Å². The van der Waals surface area contributed by atoms with Crippen molar-refractivity contribution in [1.29, 1.82) is 0 Å². The molecule has 1 atom stereocenters. The molecule has 1 aromatic heterocycles. The van der Waals surface area contributed by atoms with Crippen LogP contribution in [0.15, 0.2) is 41.6 Å². The van der Waals surface area contributed by atoms with Crippen LogP contribution in [-0.2, 0) is 6.54 Å². The van der Waals surface area contributed by atoms with Crippen molar-refractivity contribution in [3.05, 3.63) is 47.8 Å². The Morgan fingerprint density at radius 1 is 1.32 bits per heavy atom. The van der Waals surface area contributed by atoms with Crippen molar-refractivity contribution in [2.24, 2.45) is 0 Å². The van der Waals surface area contributed by atoms with Crippen molar-refractivity contribution >= 4 is 11.8 Å². The largest absolute Gasteiger partial charge is 0.312 e. The summed E-state index contributed by atoms with van der Waals surface area (Å²) in [7, 11) is 2.00.